The van der Waals surface area contributed by atoms with Crippen LogP contribution in [0.3, 0.4) is 0 Å². The molecule has 0 fully saturated rings. The molecule has 27 heavy (non-hydrogen) atoms. The van der Waals surface area contributed by atoms with E-state index in [4.69, 9.17) is 16.3 Å². The standard InChI is InChI=1S/C20H19ClFN3O2/c21-17-12-16(6-7-18(17)22)27-14-20(26)24-9-8-19-23-10-11-25(19)13-15-4-2-1-3-5-15/h1-7,10-12H,8-9,13-14H2,(H,24,26). The van der Waals surface area contributed by atoms with E-state index < -0.39 is 5.82 Å². The molecule has 0 radical (unpaired) electrons. The fourth-order valence-electron chi connectivity index (χ4n) is 2.57. The molecule has 2 aromatic carbocycles. The number of imidazole rings is 1. The Kier molecular flexibility index (Phi) is 6.44. The molecule has 0 unspecified atom stereocenters. The van der Waals surface area contributed by atoms with Crippen LogP contribution in [0.25, 0.3) is 0 Å². The third-order valence-corrected chi connectivity index (χ3v) is 4.22. The highest BCUT2D eigenvalue weighted by atomic mass is 35.5. The summed E-state index contributed by atoms with van der Waals surface area (Å²) >= 11 is 5.68. The summed E-state index contributed by atoms with van der Waals surface area (Å²) in [6.45, 7) is 1.01. The lowest BCUT2D eigenvalue weighted by Gasteiger charge is -2.10. The van der Waals surface area contributed by atoms with Gasteiger partial charge in [0.15, 0.2) is 6.61 Å². The number of nitrogens with one attached hydrogen (secondary N) is 1. The van der Waals surface area contributed by atoms with Gasteiger partial charge in [-0.15, -0.1) is 0 Å². The molecule has 3 aromatic rings. The maximum Gasteiger partial charge on any atom is 0.257 e. The van der Waals surface area contributed by atoms with Gasteiger partial charge in [-0.2, -0.15) is 0 Å². The summed E-state index contributed by atoms with van der Waals surface area (Å²) in [5, 5.41) is 2.74. The highest BCUT2D eigenvalue weighted by molar-refractivity contribution is 6.30. The summed E-state index contributed by atoms with van der Waals surface area (Å²) in [5.74, 6) is 0.441. The minimum atomic E-state index is -0.528. The van der Waals surface area contributed by atoms with Crippen molar-refractivity contribution in [3.63, 3.8) is 0 Å². The Morgan fingerprint density at radius 1 is 1.22 bits per heavy atom. The molecule has 0 atom stereocenters. The molecule has 7 heteroatoms. The van der Waals surface area contributed by atoms with Crippen LogP contribution in [0.4, 0.5) is 4.39 Å². The van der Waals surface area contributed by atoms with Crippen molar-refractivity contribution in [2.24, 2.45) is 0 Å². The van der Waals surface area contributed by atoms with Gasteiger partial charge in [-0.1, -0.05) is 41.9 Å². The molecule has 3 rings (SSSR count). The molecule has 0 aliphatic carbocycles. The van der Waals surface area contributed by atoms with Crippen molar-refractivity contribution in [2.45, 2.75) is 13.0 Å². The third kappa shape index (κ3) is 5.56. The van der Waals surface area contributed by atoms with Crippen LogP contribution in [0.5, 0.6) is 5.75 Å². The van der Waals surface area contributed by atoms with Crippen molar-refractivity contribution in [1.82, 2.24) is 14.9 Å². The topological polar surface area (TPSA) is 56.1 Å². The van der Waals surface area contributed by atoms with Gasteiger partial charge in [0.05, 0.1) is 5.02 Å². The highest BCUT2D eigenvalue weighted by Crippen LogP contribution is 2.20. The summed E-state index contributed by atoms with van der Waals surface area (Å²) in [5.41, 5.74) is 1.19. The molecule has 1 N–H and O–H groups in total. The second kappa shape index (κ2) is 9.19. The lowest BCUT2D eigenvalue weighted by molar-refractivity contribution is -0.123. The van der Waals surface area contributed by atoms with E-state index in [0.29, 0.717) is 18.7 Å². The van der Waals surface area contributed by atoms with Crippen molar-refractivity contribution in [3.8, 4) is 5.75 Å². The molecule has 0 saturated carbocycles. The maximum absolute atomic E-state index is 13.1. The number of nitrogens with zero attached hydrogens (tertiary/aromatic N) is 2. The molecule has 1 heterocycles. The van der Waals surface area contributed by atoms with Gasteiger partial charge >= 0.3 is 0 Å². The minimum Gasteiger partial charge on any atom is -0.484 e. The normalized spacial score (nSPS) is 10.6. The predicted octanol–water partition coefficient (Wildman–Crippen LogP) is 3.46. The number of amides is 1. The Hall–Kier alpha value is -2.86. The summed E-state index contributed by atoms with van der Waals surface area (Å²) < 4.78 is 20.5. The van der Waals surface area contributed by atoms with E-state index in [9.17, 15) is 9.18 Å². The summed E-state index contributed by atoms with van der Waals surface area (Å²) in [6.07, 6.45) is 4.28. The molecular formula is C20H19ClFN3O2. The van der Waals surface area contributed by atoms with E-state index in [-0.39, 0.29) is 17.5 Å². The van der Waals surface area contributed by atoms with Gasteiger partial charge in [0.25, 0.3) is 5.91 Å². The van der Waals surface area contributed by atoms with Gasteiger partial charge in [0.1, 0.15) is 17.4 Å². The first-order chi connectivity index (χ1) is 13.1. The van der Waals surface area contributed by atoms with E-state index in [1.165, 1.54) is 23.8 Å². The van der Waals surface area contributed by atoms with E-state index in [1.54, 1.807) is 6.20 Å². The molecule has 0 spiro atoms. The van der Waals surface area contributed by atoms with Crippen LogP contribution < -0.4 is 10.1 Å². The number of carbonyl (C=O) groups excluding carboxylic acids is 1. The summed E-state index contributed by atoms with van der Waals surface area (Å²) in [6, 6.07) is 14.1. The molecule has 1 aromatic heterocycles. The molecule has 0 bridgehead atoms. The Labute approximate surface area is 161 Å². The molecule has 1 amide bonds. The van der Waals surface area contributed by atoms with Crippen LogP contribution in [0.15, 0.2) is 60.9 Å². The Morgan fingerprint density at radius 3 is 2.81 bits per heavy atom. The zero-order chi connectivity index (χ0) is 19.1. The van der Waals surface area contributed by atoms with Crippen molar-refractivity contribution >= 4 is 17.5 Å². The van der Waals surface area contributed by atoms with Crippen LogP contribution in [-0.4, -0.2) is 28.6 Å². The summed E-state index contributed by atoms with van der Waals surface area (Å²) in [7, 11) is 0. The fourth-order valence-corrected chi connectivity index (χ4v) is 2.74. The minimum absolute atomic E-state index is 0.0434. The molecule has 0 aliphatic heterocycles. The first kappa shape index (κ1) is 18.9. The quantitative estimate of drug-likeness (QED) is 0.644. The predicted molar refractivity (Wildman–Crippen MR) is 101 cm³/mol. The average molecular weight is 388 g/mol. The van der Waals surface area contributed by atoms with Gasteiger partial charge in [-0.05, 0) is 17.7 Å². The molecule has 0 saturated heterocycles. The number of hydrogen-bond acceptors (Lipinski definition) is 3. The van der Waals surface area contributed by atoms with E-state index in [0.717, 1.165) is 12.4 Å². The fraction of sp³-hybridized carbons (Fsp3) is 0.200. The van der Waals surface area contributed by atoms with Crippen LogP contribution in [0, 0.1) is 5.82 Å². The Morgan fingerprint density at radius 2 is 2.04 bits per heavy atom. The average Bonchev–Trinajstić information content (AvgIpc) is 3.10. The van der Waals surface area contributed by atoms with Crippen LogP contribution >= 0.6 is 11.6 Å². The van der Waals surface area contributed by atoms with Crippen LogP contribution in [0.2, 0.25) is 5.02 Å². The number of carbonyl (C=O) groups is 1. The third-order valence-electron chi connectivity index (χ3n) is 3.93. The second-order valence-electron chi connectivity index (χ2n) is 5.92. The van der Waals surface area contributed by atoms with Crippen LogP contribution in [0.1, 0.15) is 11.4 Å². The highest BCUT2D eigenvalue weighted by Gasteiger charge is 2.07. The van der Waals surface area contributed by atoms with E-state index >= 15 is 0 Å². The Balaban J connectivity index is 1.44. The Bertz CT molecular complexity index is 899. The number of benzene rings is 2. The van der Waals surface area contributed by atoms with Gasteiger partial charge < -0.3 is 14.6 Å². The first-order valence-corrected chi connectivity index (χ1v) is 8.88. The van der Waals surface area contributed by atoms with Gasteiger partial charge in [-0.25, -0.2) is 9.37 Å². The number of ether oxygens (including phenoxy) is 1. The molecule has 0 aliphatic rings. The van der Waals surface area contributed by atoms with Crippen molar-refractivity contribution in [2.75, 3.05) is 13.2 Å². The molecule has 5 nitrogen and oxygen atoms in total. The first-order valence-electron chi connectivity index (χ1n) is 8.50. The van der Waals surface area contributed by atoms with Crippen molar-refractivity contribution in [3.05, 3.63) is 83.2 Å². The zero-order valence-electron chi connectivity index (χ0n) is 14.6. The number of hydrogen-bond donors (Lipinski definition) is 1. The van der Waals surface area contributed by atoms with Gasteiger partial charge in [0, 0.05) is 38.0 Å². The van der Waals surface area contributed by atoms with Gasteiger partial charge in [0.2, 0.25) is 0 Å². The second-order valence-corrected chi connectivity index (χ2v) is 6.33. The number of rotatable bonds is 8. The van der Waals surface area contributed by atoms with Crippen LogP contribution in [-0.2, 0) is 17.8 Å². The maximum atomic E-state index is 13.1. The van der Waals surface area contributed by atoms with E-state index in [2.05, 4.69) is 27.0 Å². The lowest BCUT2D eigenvalue weighted by atomic mass is 10.2. The zero-order valence-corrected chi connectivity index (χ0v) is 15.3. The SMILES string of the molecule is O=C(COc1ccc(F)c(Cl)c1)NCCc1nccn1Cc1ccccc1. The monoisotopic (exact) mass is 387 g/mol. The summed E-state index contributed by atoms with van der Waals surface area (Å²) in [4.78, 5) is 16.3. The molecular weight excluding hydrogens is 369 g/mol. The van der Waals surface area contributed by atoms with Crippen molar-refractivity contribution < 1.29 is 13.9 Å². The lowest BCUT2D eigenvalue weighted by Crippen LogP contribution is -2.31. The molecule has 140 valence electrons. The largest absolute Gasteiger partial charge is 0.484 e. The van der Waals surface area contributed by atoms with E-state index in [1.807, 2.05) is 24.4 Å². The smallest absolute Gasteiger partial charge is 0.257 e. The number of halogens is 2. The van der Waals surface area contributed by atoms with Crippen molar-refractivity contribution in [1.29, 1.82) is 0 Å². The van der Waals surface area contributed by atoms with Gasteiger partial charge in [-0.3, -0.25) is 4.79 Å². The number of aromatic nitrogens is 2.